The highest BCUT2D eigenvalue weighted by molar-refractivity contribution is 7.80. The molecule has 77 heavy (non-hydrogen) atoms. The Morgan fingerprint density at radius 3 is 1.60 bits per heavy atom. The van der Waals surface area contributed by atoms with Crippen LogP contribution in [-0.2, 0) is 46.5 Å². The molecule has 5 aromatic rings. The number of thiocarbonyl (C=S) groups is 1. The highest BCUT2D eigenvalue weighted by Crippen LogP contribution is 2.48. The van der Waals surface area contributed by atoms with Crippen molar-refractivity contribution in [1.29, 1.82) is 0 Å². The maximum atomic E-state index is 13.1. The lowest BCUT2D eigenvalue weighted by Gasteiger charge is -2.29. The molecule has 0 amide bonds. The smallest absolute Gasteiger partial charge is 0.306 e. The van der Waals surface area contributed by atoms with Gasteiger partial charge in [0.05, 0.1) is 49.1 Å². The van der Waals surface area contributed by atoms with Crippen molar-refractivity contribution in [1.82, 2.24) is 19.9 Å². The Kier molecular flexibility index (Phi) is 23.5. The number of aliphatic hydroxyl groups is 1. The molecule has 0 saturated carbocycles. The van der Waals surface area contributed by atoms with Crippen LogP contribution in [0.3, 0.4) is 0 Å². The minimum atomic E-state index is -0.600. The van der Waals surface area contributed by atoms with Crippen molar-refractivity contribution in [2.75, 3.05) is 13.2 Å². The maximum Gasteiger partial charge on any atom is 0.306 e. The van der Waals surface area contributed by atoms with E-state index in [0.717, 1.165) is 103 Å². The largest absolute Gasteiger partial charge is 0.462 e. The fourth-order valence-corrected chi connectivity index (χ4v) is 10.5. The number of ether oxygens (including phenoxy) is 5. The molecule has 1 N–H and O–H groups in total. The topological polar surface area (TPSA) is 170 Å². The van der Waals surface area contributed by atoms with E-state index < -0.39 is 17.3 Å². The molecule has 14 nitrogen and oxygen atoms in total. The van der Waals surface area contributed by atoms with Crippen molar-refractivity contribution in [2.24, 2.45) is 11.8 Å². The molecular weight excluding hydrogens is 993 g/mol. The third-order valence-corrected chi connectivity index (χ3v) is 14.3. The van der Waals surface area contributed by atoms with Crippen LogP contribution in [-0.4, -0.2) is 66.5 Å². The summed E-state index contributed by atoms with van der Waals surface area (Å²) in [5.41, 5.74) is 4.38. The zero-order chi connectivity index (χ0) is 55.5. The Bertz CT molecular complexity index is 2530. The van der Waals surface area contributed by atoms with Crippen molar-refractivity contribution in [3.63, 3.8) is 0 Å². The Balaban J connectivity index is 0.000000254. The second-order valence-corrected chi connectivity index (χ2v) is 24.2. The molecule has 3 aromatic heterocycles. The first kappa shape index (κ1) is 61.0. The minimum absolute atomic E-state index is 0.184. The van der Waals surface area contributed by atoms with Gasteiger partial charge in [0, 0.05) is 54.8 Å². The zero-order valence-corrected chi connectivity index (χ0v) is 48.5. The highest BCUT2D eigenvalue weighted by Gasteiger charge is 2.40. The molecule has 4 unspecified atom stereocenters. The lowest BCUT2D eigenvalue weighted by atomic mass is 9.79. The average molecular weight is 1080 g/mol. The van der Waals surface area contributed by atoms with Gasteiger partial charge in [-0.15, -0.1) is 0 Å². The van der Waals surface area contributed by atoms with E-state index in [1.807, 2.05) is 90.1 Å². The summed E-state index contributed by atoms with van der Waals surface area (Å²) in [4.78, 5) is 29.9. The number of imidazole rings is 1. The van der Waals surface area contributed by atoms with Gasteiger partial charge in [0.15, 0.2) is 0 Å². The highest BCUT2D eigenvalue weighted by atomic mass is 32.1. The van der Waals surface area contributed by atoms with Gasteiger partial charge >= 0.3 is 11.9 Å². The Morgan fingerprint density at radius 2 is 1.14 bits per heavy atom. The number of carbonyl (C=O) groups is 2. The second-order valence-electron chi connectivity index (χ2n) is 23.9. The number of nitrogens with zero attached hydrogens (tertiary/aromatic N) is 4. The van der Waals surface area contributed by atoms with E-state index in [0.29, 0.717) is 62.7 Å². The minimum Gasteiger partial charge on any atom is -0.462 e. The predicted molar refractivity (Wildman–Crippen MR) is 301 cm³/mol. The van der Waals surface area contributed by atoms with E-state index >= 15 is 0 Å². The van der Waals surface area contributed by atoms with Crippen LogP contribution >= 0.6 is 12.2 Å². The quantitative estimate of drug-likeness (QED) is 0.0333. The normalized spacial score (nSPS) is 18.2. The molecule has 0 radical (unpaired) electrons. The lowest BCUT2D eigenvalue weighted by Crippen LogP contribution is -2.26. The lowest BCUT2D eigenvalue weighted by molar-refractivity contribution is -0.156. The molecule has 0 aliphatic heterocycles. The molecule has 2 aliphatic rings. The first-order valence-corrected chi connectivity index (χ1v) is 28.7. The molecule has 0 spiro atoms. The van der Waals surface area contributed by atoms with Crippen molar-refractivity contribution in [3.05, 3.63) is 125 Å². The van der Waals surface area contributed by atoms with Gasteiger partial charge in [0.25, 0.3) is 5.17 Å². The number of hydrogen-bond acceptors (Lipinski definition) is 14. The predicted octanol–water partition coefficient (Wildman–Crippen LogP) is 14.7. The monoisotopic (exact) mass is 1080 g/mol. The molecule has 2 aliphatic carbocycles. The summed E-state index contributed by atoms with van der Waals surface area (Å²) in [5, 5.41) is 20.3. The van der Waals surface area contributed by atoms with Gasteiger partial charge in [-0.05, 0) is 141 Å². The van der Waals surface area contributed by atoms with Gasteiger partial charge < -0.3 is 37.8 Å². The Hall–Kier alpha value is -5.22. The standard InChI is InChI=1S/C33H45N3O5S.C29H43NO5/c1-23(2)13-14-25-15-16-27(39-32(42)36-18-17-34-22-36)29-30(35-41-31(25)29)26(20-28(37)40-33(3,4)5)12-9-19-38-21-24-10-7-6-8-11-24;1-20(2)13-14-22-15-16-24(31)26-27(30-35-28(22)26)23(18-25(32)34-29(3,4)5)12-9-17-33-19-21-10-7-6-8-11-21/h6-8,10-11,17-18,22-23,25-27H,9,12-16,19-21H2,1-5H3;6-8,10-11,20,22-24,31H,9,12-19H2,1-5H3/t25?,26-,27?;22?,23-,24?/m00/s1. The van der Waals surface area contributed by atoms with E-state index in [4.69, 9.17) is 44.9 Å². The van der Waals surface area contributed by atoms with Crippen molar-refractivity contribution in [3.8, 4) is 0 Å². The van der Waals surface area contributed by atoms with E-state index in [9.17, 15) is 14.7 Å². The summed E-state index contributed by atoms with van der Waals surface area (Å²) in [7, 11) is 0. The van der Waals surface area contributed by atoms with Gasteiger partial charge in [-0.25, -0.2) is 4.98 Å². The summed E-state index contributed by atoms with van der Waals surface area (Å²) in [6.07, 6.45) is 15.1. The van der Waals surface area contributed by atoms with Gasteiger partial charge in [-0.1, -0.05) is 112 Å². The third kappa shape index (κ3) is 19.9. The molecule has 422 valence electrons. The number of aromatic nitrogens is 4. The number of carbonyl (C=O) groups excluding carboxylic acids is 2. The van der Waals surface area contributed by atoms with Crippen LogP contribution in [0.5, 0.6) is 0 Å². The van der Waals surface area contributed by atoms with E-state index in [-0.39, 0.29) is 54.6 Å². The first-order chi connectivity index (χ1) is 36.7. The number of fused-ring (bicyclic) bond motifs is 2. The maximum absolute atomic E-state index is 13.1. The first-order valence-electron chi connectivity index (χ1n) is 28.3. The van der Waals surface area contributed by atoms with Gasteiger partial charge in [0.2, 0.25) is 0 Å². The summed E-state index contributed by atoms with van der Waals surface area (Å²) < 4.78 is 43.2. The second kappa shape index (κ2) is 29.7. The zero-order valence-electron chi connectivity index (χ0n) is 47.7. The van der Waals surface area contributed by atoms with Crippen LogP contribution < -0.4 is 0 Å². The molecule has 0 saturated heterocycles. The number of hydrogen-bond donors (Lipinski definition) is 1. The summed E-state index contributed by atoms with van der Waals surface area (Å²) >= 11 is 5.61. The number of aliphatic hydroxyl groups excluding tert-OH is 1. The molecule has 0 bridgehead atoms. The molecule has 2 aromatic carbocycles. The molecule has 15 heteroatoms. The van der Waals surface area contributed by atoms with Crippen molar-refractivity contribution >= 4 is 29.3 Å². The van der Waals surface area contributed by atoms with E-state index in [2.05, 4.69) is 55.1 Å². The Morgan fingerprint density at radius 1 is 0.675 bits per heavy atom. The molecular formula is C62H88N4O10S. The molecule has 0 fully saturated rings. The van der Waals surface area contributed by atoms with Crippen LogP contribution in [0.4, 0.5) is 0 Å². The van der Waals surface area contributed by atoms with Crippen molar-refractivity contribution in [2.45, 2.75) is 219 Å². The molecule has 6 atom stereocenters. The van der Waals surface area contributed by atoms with E-state index in [1.54, 1.807) is 23.3 Å². The van der Waals surface area contributed by atoms with Gasteiger partial charge in [0.1, 0.15) is 35.2 Å². The Labute approximate surface area is 463 Å². The average Bonchev–Trinajstić information content (AvgIpc) is 4.21. The van der Waals surface area contributed by atoms with Crippen LogP contribution in [0.2, 0.25) is 0 Å². The number of benzene rings is 2. The van der Waals surface area contributed by atoms with E-state index in [1.165, 1.54) is 0 Å². The third-order valence-electron chi connectivity index (χ3n) is 14.0. The fourth-order valence-electron chi connectivity index (χ4n) is 10.3. The summed E-state index contributed by atoms with van der Waals surface area (Å²) in [5.74, 6) is 2.51. The fraction of sp³-hybridized carbons (Fsp3) is 0.613. The molecule has 7 rings (SSSR count). The van der Waals surface area contributed by atoms with Crippen LogP contribution in [0.25, 0.3) is 0 Å². The van der Waals surface area contributed by atoms with Gasteiger partial charge in [-0.3, -0.25) is 14.2 Å². The summed E-state index contributed by atoms with van der Waals surface area (Å²) in [6.45, 7) is 22.5. The van der Waals surface area contributed by atoms with Crippen molar-refractivity contribution < 1.29 is 47.4 Å². The van der Waals surface area contributed by atoms with Gasteiger partial charge in [-0.2, -0.15) is 0 Å². The summed E-state index contributed by atoms with van der Waals surface area (Å²) in [6, 6.07) is 20.2. The van der Waals surface area contributed by atoms with Crippen LogP contribution in [0.15, 0.2) is 88.4 Å². The van der Waals surface area contributed by atoms with Crippen LogP contribution in [0, 0.1) is 11.8 Å². The number of rotatable bonds is 25. The van der Waals surface area contributed by atoms with Crippen LogP contribution in [0.1, 0.15) is 240 Å². The SMILES string of the molecule is CC(C)CCC1CCC(O)c2c([C@@H](CCCOCc3ccccc3)CC(=O)OC(C)(C)C)noc21.CC(C)CCC1CCC(OC(=S)n2ccnc2)c2c([C@@H](CCCOCc3ccccc3)CC(=O)OC(C)(C)C)noc21. The molecule has 3 heterocycles. The number of esters is 2.